The van der Waals surface area contributed by atoms with Gasteiger partial charge in [0.25, 0.3) is 0 Å². The van der Waals surface area contributed by atoms with Crippen LogP contribution < -0.4 is 10.6 Å². The van der Waals surface area contributed by atoms with Crippen molar-refractivity contribution in [3.05, 3.63) is 46.7 Å². The van der Waals surface area contributed by atoms with Crippen LogP contribution in [0, 0.1) is 11.6 Å². The Kier molecular flexibility index (Phi) is 4.89. The highest BCUT2D eigenvalue weighted by Crippen LogP contribution is 2.37. The Labute approximate surface area is 152 Å². The Hall–Kier alpha value is -3.30. The van der Waals surface area contributed by atoms with Crippen LogP contribution in [0.1, 0.15) is 24.9 Å². The quantitative estimate of drug-likeness (QED) is 0.772. The number of nitrogens with zero attached hydrogens (tertiary/aromatic N) is 1. The molecule has 0 fully saturated rings. The highest BCUT2D eigenvalue weighted by Gasteiger charge is 2.45. The number of urea groups is 2. The predicted molar refractivity (Wildman–Crippen MR) is 86.2 cm³/mol. The molecule has 4 amide bonds. The van der Waals surface area contributed by atoms with Gasteiger partial charge in [-0.1, -0.05) is 6.07 Å². The summed E-state index contributed by atoms with van der Waals surface area (Å²) in [6.45, 7) is 1.12. The lowest BCUT2D eigenvalue weighted by Crippen LogP contribution is -2.54. The topological polar surface area (TPSA) is 105 Å². The number of benzene rings is 1. The second kappa shape index (κ2) is 7.14. The number of hydrogen-bond acceptors (Lipinski definition) is 5. The molecule has 0 aromatic heterocycles. The van der Waals surface area contributed by atoms with E-state index in [1.54, 1.807) is 0 Å². The van der Waals surface area contributed by atoms with Crippen LogP contribution in [0.5, 0.6) is 0 Å². The van der Waals surface area contributed by atoms with Gasteiger partial charge in [-0.3, -0.25) is 4.79 Å². The first-order valence-corrected chi connectivity index (χ1v) is 8.02. The highest BCUT2D eigenvalue weighted by molar-refractivity contribution is 6.03. The molecule has 1 aromatic rings. The summed E-state index contributed by atoms with van der Waals surface area (Å²) in [6.07, 6.45) is 0.0486. The number of rotatable bonds is 4. The molecule has 1 unspecified atom stereocenters. The van der Waals surface area contributed by atoms with Crippen molar-refractivity contribution in [3.8, 4) is 0 Å². The van der Waals surface area contributed by atoms with Gasteiger partial charge in [-0.2, -0.15) is 0 Å². The maximum atomic E-state index is 13.7. The van der Waals surface area contributed by atoms with E-state index in [-0.39, 0.29) is 42.2 Å². The highest BCUT2D eigenvalue weighted by atomic mass is 19.2. The lowest BCUT2D eigenvalue weighted by atomic mass is 9.94. The molecule has 1 aromatic carbocycles. The number of halogens is 2. The third kappa shape index (κ3) is 3.50. The minimum Gasteiger partial charge on any atom is -0.456 e. The second-order valence-electron chi connectivity index (χ2n) is 6.03. The molecule has 0 saturated carbocycles. The van der Waals surface area contributed by atoms with Gasteiger partial charge in [-0.25, -0.2) is 28.1 Å². The number of ketones is 1. The molecule has 0 bridgehead atoms. The number of amides is 4. The summed E-state index contributed by atoms with van der Waals surface area (Å²) in [5.74, 6) is -3.25. The molecule has 0 saturated heterocycles. The average Bonchev–Trinajstić information content (AvgIpc) is 2.96. The predicted octanol–water partition coefficient (Wildman–Crippen LogP) is 1.53. The molecule has 0 spiro atoms. The molecule has 2 aliphatic rings. The largest absolute Gasteiger partial charge is 0.456 e. The Morgan fingerprint density at radius 1 is 1.30 bits per heavy atom. The first-order valence-electron chi connectivity index (χ1n) is 8.02. The third-order valence-corrected chi connectivity index (χ3v) is 4.13. The summed E-state index contributed by atoms with van der Waals surface area (Å²) in [6, 6.07) is -0.227. The van der Waals surface area contributed by atoms with E-state index in [9.17, 15) is 28.0 Å². The Morgan fingerprint density at radius 3 is 2.70 bits per heavy atom. The summed E-state index contributed by atoms with van der Waals surface area (Å²) in [4.78, 5) is 48.8. The molecular weight excluding hydrogens is 364 g/mol. The molecular formula is C17H15F2N3O5. The monoisotopic (exact) mass is 379 g/mol. The van der Waals surface area contributed by atoms with Gasteiger partial charge in [0.1, 0.15) is 18.4 Å². The standard InChI is InChI=1S/C17H15F2N3O5/c1-8(23)4-5-20-16(25)22-14(9-2-3-10(18)11(19)6-9)13-12(21-17(22)26)7-27-15(13)24/h2-3,6,14H,4-5,7H2,1H3,(H,20,25)(H,21,26). The molecule has 142 valence electrons. The van der Waals surface area contributed by atoms with Gasteiger partial charge < -0.3 is 15.4 Å². The van der Waals surface area contributed by atoms with Crippen molar-refractivity contribution in [1.29, 1.82) is 0 Å². The number of nitrogens with one attached hydrogen (secondary N) is 2. The third-order valence-electron chi connectivity index (χ3n) is 4.13. The van der Waals surface area contributed by atoms with Crippen molar-refractivity contribution in [2.75, 3.05) is 13.2 Å². The zero-order chi connectivity index (χ0) is 19.7. The molecule has 3 rings (SSSR count). The van der Waals surface area contributed by atoms with Gasteiger partial charge in [0.15, 0.2) is 11.6 Å². The summed E-state index contributed by atoms with van der Waals surface area (Å²) in [5.41, 5.74) is 0.145. The zero-order valence-electron chi connectivity index (χ0n) is 14.2. The Morgan fingerprint density at radius 2 is 2.04 bits per heavy atom. The van der Waals surface area contributed by atoms with E-state index in [1.807, 2.05) is 0 Å². The second-order valence-corrected chi connectivity index (χ2v) is 6.03. The lowest BCUT2D eigenvalue weighted by molar-refractivity contribution is -0.136. The van der Waals surface area contributed by atoms with Crippen molar-refractivity contribution in [2.24, 2.45) is 0 Å². The lowest BCUT2D eigenvalue weighted by Gasteiger charge is -2.34. The number of imide groups is 1. The van der Waals surface area contributed by atoms with Crippen LogP contribution in [0.15, 0.2) is 29.5 Å². The minimum absolute atomic E-state index is 0.0248. The van der Waals surface area contributed by atoms with Crippen LogP contribution >= 0.6 is 0 Å². The van der Waals surface area contributed by atoms with E-state index in [0.717, 1.165) is 12.1 Å². The van der Waals surface area contributed by atoms with E-state index in [2.05, 4.69) is 10.6 Å². The fourth-order valence-corrected chi connectivity index (χ4v) is 2.87. The van der Waals surface area contributed by atoms with E-state index in [4.69, 9.17) is 4.74 Å². The summed E-state index contributed by atoms with van der Waals surface area (Å²) >= 11 is 0. The first kappa shape index (κ1) is 18.5. The van der Waals surface area contributed by atoms with E-state index >= 15 is 0 Å². The molecule has 10 heteroatoms. The SMILES string of the molecule is CC(=O)CCNC(=O)N1C(=O)NC2=C(C(=O)OC2)C1c1ccc(F)c(F)c1. The van der Waals surface area contributed by atoms with E-state index in [0.29, 0.717) is 4.90 Å². The van der Waals surface area contributed by atoms with Gasteiger partial charge in [0.2, 0.25) is 0 Å². The van der Waals surface area contributed by atoms with Gasteiger partial charge in [-0.15, -0.1) is 0 Å². The van der Waals surface area contributed by atoms with Gasteiger partial charge in [0, 0.05) is 13.0 Å². The fraction of sp³-hybridized carbons (Fsp3) is 0.294. The van der Waals surface area contributed by atoms with Gasteiger partial charge in [-0.05, 0) is 24.6 Å². The summed E-state index contributed by atoms with van der Waals surface area (Å²) in [5, 5.41) is 4.79. The maximum Gasteiger partial charge on any atom is 0.338 e. The van der Waals surface area contributed by atoms with Gasteiger partial charge in [0.05, 0.1) is 11.3 Å². The number of cyclic esters (lactones) is 1. The smallest absolute Gasteiger partial charge is 0.338 e. The summed E-state index contributed by atoms with van der Waals surface area (Å²) < 4.78 is 31.9. The minimum atomic E-state index is -1.30. The van der Waals surface area contributed by atoms with Crippen LogP contribution in [0.2, 0.25) is 0 Å². The van der Waals surface area contributed by atoms with Crippen LogP contribution in [0.4, 0.5) is 18.4 Å². The molecule has 1 atom stereocenters. The normalized spacial score (nSPS) is 18.8. The molecule has 0 aliphatic carbocycles. The van der Waals surface area contributed by atoms with Crippen molar-refractivity contribution >= 4 is 23.8 Å². The first-order chi connectivity index (χ1) is 12.8. The van der Waals surface area contributed by atoms with E-state index in [1.165, 1.54) is 13.0 Å². The van der Waals surface area contributed by atoms with Crippen molar-refractivity contribution in [1.82, 2.24) is 15.5 Å². The molecule has 2 heterocycles. The van der Waals surface area contributed by atoms with Crippen LogP contribution in [0.3, 0.4) is 0 Å². The zero-order valence-corrected chi connectivity index (χ0v) is 14.2. The Balaban J connectivity index is 2.00. The summed E-state index contributed by atoms with van der Waals surface area (Å²) in [7, 11) is 0. The molecule has 27 heavy (non-hydrogen) atoms. The molecule has 2 N–H and O–H groups in total. The van der Waals surface area contributed by atoms with Crippen LogP contribution in [-0.4, -0.2) is 41.9 Å². The number of hydrogen-bond donors (Lipinski definition) is 2. The Bertz CT molecular complexity index is 883. The van der Waals surface area contributed by atoms with Crippen molar-refractivity contribution < 1.29 is 32.7 Å². The van der Waals surface area contributed by atoms with E-state index < -0.39 is 35.7 Å². The average molecular weight is 379 g/mol. The number of ether oxygens (including phenoxy) is 1. The maximum absolute atomic E-state index is 13.7. The van der Waals surface area contributed by atoms with Crippen LogP contribution in [-0.2, 0) is 14.3 Å². The molecule has 8 nitrogen and oxygen atoms in total. The number of carbonyl (C=O) groups is 4. The molecule has 2 aliphatic heterocycles. The molecule has 0 radical (unpaired) electrons. The van der Waals surface area contributed by atoms with Crippen molar-refractivity contribution in [3.63, 3.8) is 0 Å². The number of esters is 1. The number of carbonyl (C=O) groups excluding carboxylic acids is 4. The van der Waals surface area contributed by atoms with Crippen molar-refractivity contribution in [2.45, 2.75) is 19.4 Å². The van der Waals surface area contributed by atoms with Crippen LogP contribution in [0.25, 0.3) is 0 Å². The van der Waals surface area contributed by atoms with Gasteiger partial charge >= 0.3 is 18.0 Å². The fourth-order valence-electron chi connectivity index (χ4n) is 2.87. The number of Topliss-reactive ketones (excluding diaryl/α,β-unsaturated/α-hetero) is 1.